The molecule has 2 aromatic carbocycles. The zero-order valence-electron chi connectivity index (χ0n) is 15.2. The third-order valence-corrected chi connectivity index (χ3v) is 5.53. The highest BCUT2D eigenvalue weighted by atomic mass is 127. The number of fused-ring (bicyclic) bond motifs is 1. The van der Waals surface area contributed by atoms with Crippen molar-refractivity contribution in [2.24, 2.45) is 0 Å². The van der Waals surface area contributed by atoms with E-state index in [0.29, 0.717) is 6.04 Å². The van der Waals surface area contributed by atoms with Gasteiger partial charge < -0.3 is 37.9 Å². The van der Waals surface area contributed by atoms with Crippen molar-refractivity contribution in [3.63, 3.8) is 0 Å². The van der Waals surface area contributed by atoms with Crippen LogP contribution in [0.3, 0.4) is 0 Å². The lowest BCUT2D eigenvalue weighted by molar-refractivity contribution is -0.923. The fourth-order valence-corrected chi connectivity index (χ4v) is 3.95. The first-order chi connectivity index (χ1) is 11.5. The van der Waals surface area contributed by atoms with Gasteiger partial charge in [0.2, 0.25) is 0 Å². The van der Waals surface area contributed by atoms with Gasteiger partial charge >= 0.3 is 0 Å². The first-order valence-electron chi connectivity index (χ1n) is 8.27. The number of hydrogen-bond acceptors (Lipinski definition) is 2. The van der Waals surface area contributed by atoms with Gasteiger partial charge in [0, 0.05) is 23.4 Å². The molecule has 1 atom stereocenters. The van der Waals surface area contributed by atoms with E-state index in [4.69, 9.17) is 21.1 Å². The van der Waals surface area contributed by atoms with Gasteiger partial charge in [-0.2, -0.15) is 0 Å². The van der Waals surface area contributed by atoms with Gasteiger partial charge in [0.05, 0.1) is 34.9 Å². The zero-order chi connectivity index (χ0) is 17.3. The molecule has 0 aromatic heterocycles. The van der Waals surface area contributed by atoms with Crippen molar-refractivity contribution in [1.29, 1.82) is 0 Å². The molecular weight excluding hydrogens is 449 g/mol. The van der Waals surface area contributed by atoms with Crippen molar-refractivity contribution in [3.05, 3.63) is 58.1 Å². The van der Waals surface area contributed by atoms with Gasteiger partial charge in [0.25, 0.3) is 0 Å². The van der Waals surface area contributed by atoms with E-state index in [-0.39, 0.29) is 24.0 Å². The molecule has 0 radical (unpaired) electrons. The summed E-state index contributed by atoms with van der Waals surface area (Å²) in [5.74, 6) is 1.55. The molecule has 0 fully saturated rings. The van der Waals surface area contributed by atoms with Crippen LogP contribution < -0.4 is 33.5 Å². The predicted molar refractivity (Wildman–Crippen MR) is 98.1 cm³/mol. The van der Waals surface area contributed by atoms with Crippen LogP contribution >= 0.6 is 11.6 Å². The number of quaternary nitrogens is 1. The lowest BCUT2D eigenvalue weighted by Crippen LogP contribution is -3.00. The Bertz CT molecular complexity index is 748. The maximum atomic E-state index is 6.45. The van der Waals surface area contributed by atoms with Crippen molar-refractivity contribution in [1.82, 2.24) is 0 Å². The molecule has 1 unspecified atom stereocenters. The Balaban J connectivity index is 0.00000225. The number of methoxy groups -OCH3 is 2. The lowest BCUT2D eigenvalue weighted by Gasteiger charge is -2.43. The van der Waals surface area contributed by atoms with E-state index < -0.39 is 0 Å². The van der Waals surface area contributed by atoms with E-state index >= 15 is 0 Å². The number of hydrogen-bond donors (Lipinski definition) is 0. The summed E-state index contributed by atoms with van der Waals surface area (Å²) < 4.78 is 11.8. The van der Waals surface area contributed by atoms with Gasteiger partial charge in [-0.25, -0.2) is 0 Å². The van der Waals surface area contributed by atoms with E-state index in [2.05, 4.69) is 38.4 Å². The molecule has 0 amide bonds. The van der Waals surface area contributed by atoms with Crippen LogP contribution in [0.15, 0.2) is 36.4 Å². The van der Waals surface area contributed by atoms with Crippen LogP contribution in [0.4, 0.5) is 0 Å². The third-order valence-electron chi connectivity index (χ3n) is 5.17. The van der Waals surface area contributed by atoms with E-state index in [1.165, 1.54) is 16.7 Å². The van der Waals surface area contributed by atoms with Crippen molar-refractivity contribution in [3.8, 4) is 11.5 Å². The Hall–Kier alpha value is -0.980. The van der Waals surface area contributed by atoms with Crippen LogP contribution in [0.2, 0.25) is 5.02 Å². The largest absolute Gasteiger partial charge is 1.00 e. The van der Waals surface area contributed by atoms with E-state index in [0.717, 1.165) is 40.4 Å². The monoisotopic (exact) mass is 473 g/mol. The maximum absolute atomic E-state index is 6.45. The normalized spacial score (nSPS) is 18.0. The molecule has 3 nitrogen and oxygen atoms in total. The summed E-state index contributed by atoms with van der Waals surface area (Å²) in [5, 5.41) is 0.893. The van der Waals surface area contributed by atoms with Crippen LogP contribution in [0.5, 0.6) is 11.5 Å². The van der Waals surface area contributed by atoms with Gasteiger partial charge in [-0.3, -0.25) is 0 Å². The molecule has 3 rings (SSSR count). The smallest absolute Gasteiger partial charge is 0.160 e. The predicted octanol–water partition coefficient (Wildman–Crippen LogP) is 1.28. The van der Waals surface area contributed by atoms with Crippen LogP contribution in [0, 0.1) is 0 Å². The Labute approximate surface area is 172 Å². The highest BCUT2D eigenvalue weighted by molar-refractivity contribution is 6.31. The molecule has 5 heteroatoms. The molecule has 0 N–H and O–H groups in total. The van der Waals surface area contributed by atoms with Crippen LogP contribution in [-0.4, -0.2) is 39.3 Å². The van der Waals surface area contributed by atoms with E-state index in [9.17, 15) is 0 Å². The molecule has 136 valence electrons. The van der Waals surface area contributed by atoms with Gasteiger partial charge in [-0.1, -0.05) is 29.8 Å². The summed E-state index contributed by atoms with van der Waals surface area (Å²) in [4.78, 5) is 0. The Morgan fingerprint density at radius 1 is 1.08 bits per heavy atom. The highest BCUT2D eigenvalue weighted by Crippen LogP contribution is 2.39. The zero-order valence-corrected chi connectivity index (χ0v) is 18.1. The van der Waals surface area contributed by atoms with Gasteiger partial charge in [-0.15, -0.1) is 0 Å². The first kappa shape index (κ1) is 20.3. The second-order valence-corrected chi connectivity index (χ2v) is 7.38. The number of rotatable bonds is 4. The fourth-order valence-electron chi connectivity index (χ4n) is 3.67. The number of likely N-dealkylation sites (N-methyl/N-ethyl adjacent to an activating group) is 1. The minimum Gasteiger partial charge on any atom is -1.00 e. The van der Waals surface area contributed by atoms with E-state index in [1.54, 1.807) is 14.2 Å². The second-order valence-electron chi connectivity index (χ2n) is 6.97. The molecule has 2 aromatic rings. The standard InChI is InChI=1S/C20H25ClNO2.HI/c1-22(2)11-10-15-16(6-5-7-17(15)21)18(22)12-14-8-9-19(23-3)20(13-14)24-4;/h5-9,13,18H,10-12H2,1-4H3;1H/q+1;/p-1. The maximum Gasteiger partial charge on any atom is 0.160 e. The molecule has 25 heavy (non-hydrogen) atoms. The quantitative estimate of drug-likeness (QED) is 0.492. The average Bonchev–Trinajstić information content (AvgIpc) is 2.57. The second kappa shape index (κ2) is 8.14. The molecule has 0 spiro atoms. The summed E-state index contributed by atoms with van der Waals surface area (Å²) in [6.45, 7) is 1.09. The fraction of sp³-hybridized carbons (Fsp3) is 0.400. The number of ether oxygens (including phenoxy) is 2. The van der Waals surface area contributed by atoms with Crippen LogP contribution in [0.1, 0.15) is 22.7 Å². The molecule has 0 aliphatic carbocycles. The summed E-state index contributed by atoms with van der Waals surface area (Å²) in [6, 6.07) is 12.9. The number of benzene rings is 2. The molecule has 1 aliphatic rings. The summed E-state index contributed by atoms with van der Waals surface area (Å²) in [7, 11) is 7.94. The summed E-state index contributed by atoms with van der Waals surface area (Å²) in [6.07, 6.45) is 1.98. The minimum atomic E-state index is 0. The molecule has 0 saturated carbocycles. The van der Waals surface area contributed by atoms with Crippen molar-refractivity contribution in [2.75, 3.05) is 34.9 Å². The molecule has 1 heterocycles. The Kier molecular flexibility index (Phi) is 6.62. The Morgan fingerprint density at radius 2 is 1.80 bits per heavy atom. The SMILES string of the molecule is COc1ccc(CC2c3cccc(Cl)c3CC[N+]2(C)C)cc1OC.[I-]. The van der Waals surface area contributed by atoms with Crippen molar-refractivity contribution >= 4 is 11.6 Å². The number of halogens is 2. The van der Waals surface area contributed by atoms with E-state index in [1.807, 2.05) is 12.1 Å². The highest BCUT2D eigenvalue weighted by Gasteiger charge is 2.36. The summed E-state index contributed by atoms with van der Waals surface area (Å²) in [5.41, 5.74) is 3.92. The average molecular weight is 474 g/mol. The van der Waals surface area contributed by atoms with Gasteiger partial charge in [0.15, 0.2) is 11.5 Å². The molecular formula is C20H25ClINO2. The van der Waals surface area contributed by atoms with Gasteiger partial charge in [-0.05, 0) is 29.3 Å². The third kappa shape index (κ3) is 4.07. The Morgan fingerprint density at radius 3 is 2.48 bits per heavy atom. The van der Waals surface area contributed by atoms with Crippen LogP contribution in [0.25, 0.3) is 0 Å². The molecule has 1 aliphatic heterocycles. The van der Waals surface area contributed by atoms with Crippen molar-refractivity contribution < 1.29 is 37.9 Å². The molecule has 0 bridgehead atoms. The van der Waals surface area contributed by atoms with Crippen LogP contribution in [-0.2, 0) is 12.8 Å². The van der Waals surface area contributed by atoms with Crippen molar-refractivity contribution in [2.45, 2.75) is 18.9 Å². The summed E-state index contributed by atoms with van der Waals surface area (Å²) >= 11 is 6.45. The topological polar surface area (TPSA) is 18.5 Å². The first-order valence-corrected chi connectivity index (χ1v) is 8.65. The van der Waals surface area contributed by atoms with Gasteiger partial charge in [0.1, 0.15) is 6.04 Å². The number of nitrogens with zero attached hydrogens (tertiary/aromatic N) is 1. The minimum absolute atomic E-state index is 0. The lowest BCUT2D eigenvalue weighted by atomic mass is 9.87. The molecule has 0 saturated heterocycles.